The minimum absolute atomic E-state index is 0.0975. The van der Waals surface area contributed by atoms with Crippen LogP contribution >= 0.6 is 12.8 Å². The molecule has 2 amide bonds. The molecule has 1 heterocycles. The first-order valence-corrected chi connectivity index (χ1v) is 10.2. The highest BCUT2D eigenvalue weighted by Crippen LogP contribution is 2.24. The van der Waals surface area contributed by atoms with Crippen LogP contribution in [0.1, 0.15) is 29.1 Å². The Balaban J connectivity index is 1.38. The van der Waals surface area contributed by atoms with Crippen LogP contribution in [0.25, 0.3) is 11.0 Å². The second-order valence-corrected chi connectivity index (χ2v) is 7.47. The van der Waals surface area contributed by atoms with Gasteiger partial charge < -0.3 is 14.5 Å². The molecule has 0 radical (unpaired) electrons. The van der Waals surface area contributed by atoms with Crippen LogP contribution < -0.4 is 14.4 Å². The molecular formula is C24H19FN2O4S. The summed E-state index contributed by atoms with van der Waals surface area (Å²) < 4.78 is 25.1. The molecule has 0 saturated carbocycles. The van der Waals surface area contributed by atoms with E-state index in [0.29, 0.717) is 17.0 Å². The van der Waals surface area contributed by atoms with E-state index in [-0.39, 0.29) is 17.6 Å². The second kappa shape index (κ2) is 9.15. The fraction of sp³-hybridized carbons (Fsp3) is 0.0833. The van der Waals surface area contributed by atoms with Crippen LogP contribution in [-0.2, 0) is 0 Å². The SMILES string of the molecule is CC(NC(=O)N(S)c1ccc(OC(=O)c2cc3ccccc3o2)cc1)c1ccc(F)cc1. The molecule has 0 aliphatic heterocycles. The molecule has 0 aliphatic rings. The van der Waals surface area contributed by atoms with Gasteiger partial charge in [-0.25, -0.2) is 18.3 Å². The highest BCUT2D eigenvalue weighted by atomic mass is 32.1. The Bertz CT molecular complexity index is 1220. The van der Waals surface area contributed by atoms with Crippen LogP contribution in [0.15, 0.2) is 83.3 Å². The number of carbonyl (C=O) groups is 2. The maximum absolute atomic E-state index is 13.1. The molecule has 0 aliphatic carbocycles. The molecule has 32 heavy (non-hydrogen) atoms. The summed E-state index contributed by atoms with van der Waals surface area (Å²) in [6.45, 7) is 1.79. The number of urea groups is 1. The minimum atomic E-state index is -0.623. The Labute approximate surface area is 189 Å². The van der Waals surface area contributed by atoms with Gasteiger partial charge in [-0.1, -0.05) is 43.1 Å². The number of amides is 2. The van der Waals surface area contributed by atoms with Crippen molar-refractivity contribution in [2.24, 2.45) is 0 Å². The van der Waals surface area contributed by atoms with Gasteiger partial charge in [0.2, 0.25) is 5.76 Å². The maximum atomic E-state index is 13.1. The molecule has 1 unspecified atom stereocenters. The van der Waals surface area contributed by atoms with Gasteiger partial charge in [0.1, 0.15) is 17.1 Å². The third-order valence-corrected chi connectivity index (χ3v) is 5.23. The van der Waals surface area contributed by atoms with Crippen molar-refractivity contribution in [1.29, 1.82) is 0 Å². The first-order valence-electron chi connectivity index (χ1n) is 9.76. The predicted octanol–water partition coefficient (Wildman–Crippen LogP) is 5.91. The van der Waals surface area contributed by atoms with E-state index in [1.807, 2.05) is 18.2 Å². The minimum Gasteiger partial charge on any atom is -0.449 e. The highest BCUT2D eigenvalue weighted by molar-refractivity contribution is 7.82. The number of furan rings is 1. The van der Waals surface area contributed by atoms with Crippen LogP contribution in [0.4, 0.5) is 14.9 Å². The van der Waals surface area contributed by atoms with Crippen molar-refractivity contribution in [3.8, 4) is 5.75 Å². The topological polar surface area (TPSA) is 71.8 Å². The Kier molecular flexibility index (Phi) is 6.13. The number of nitrogens with one attached hydrogen (secondary N) is 1. The van der Waals surface area contributed by atoms with Gasteiger partial charge in [0.25, 0.3) is 0 Å². The lowest BCUT2D eigenvalue weighted by Crippen LogP contribution is -2.35. The van der Waals surface area contributed by atoms with E-state index < -0.39 is 12.0 Å². The number of fused-ring (bicyclic) bond motifs is 1. The van der Waals surface area contributed by atoms with Crippen molar-refractivity contribution < 1.29 is 23.1 Å². The molecule has 1 atom stereocenters. The van der Waals surface area contributed by atoms with Crippen molar-refractivity contribution in [3.05, 3.63) is 96.0 Å². The molecule has 6 nitrogen and oxygen atoms in total. The number of rotatable bonds is 5. The van der Waals surface area contributed by atoms with E-state index in [1.54, 1.807) is 55.5 Å². The van der Waals surface area contributed by atoms with E-state index in [1.165, 1.54) is 12.1 Å². The van der Waals surface area contributed by atoms with Crippen molar-refractivity contribution in [1.82, 2.24) is 5.32 Å². The number of benzene rings is 3. The van der Waals surface area contributed by atoms with E-state index >= 15 is 0 Å². The van der Waals surface area contributed by atoms with Crippen LogP contribution in [0.3, 0.4) is 0 Å². The van der Waals surface area contributed by atoms with Crippen LogP contribution in [0.2, 0.25) is 0 Å². The van der Waals surface area contributed by atoms with Gasteiger partial charge in [0, 0.05) is 5.39 Å². The quantitative estimate of drug-likeness (QED) is 0.225. The van der Waals surface area contributed by atoms with E-state index in [4.69, 9.17) is 9.15 Å². The standard InChI is InChI=1S/C24H19FN2O4S/c1-15(16-6-8-18(25)9-7-16)26-24(29)27(32)19-10-12-20(13-11-19)30-23(28)22-14-17-4-2-3-5-21(17)31-22/h2-15,32H,1H3,(H,26,29). The summed E-state index contributed by atoms with van der Waals surface area (Å²) in [7, 11) is 0. The number of hydrogen-bond donors (Lipinski definition) is 2. The number of hydrogen-bond acceptors (Lipinski definition) is 5. The van der Waals surface area contributed by atoms with Gasteiger partial charge in [0.15, 0.2) is 0 Å². The van der Waals surface area contributed by atoms with Crippen LogP contribution in [0, 0.1) is 5.82 Å². The Morgan fingerprint density at radius 3 is 2.41 bits per heavy atom. The summed E-state index contributed by atoms with van der Waals surface area (Å²) >= 11 is 4.25. The zero-order valence-electron chi connectivity index (χ0n) is 17.0. The monoisotopic (exact) mass is 450 g/mol. The maximum Gasteiger partial charge on any atom is 0.379 e. The zero-order chi connectivity index (χ0) is 22.7. The van der Waals surface area contributed by atoms with Gasteiger partial charge >= 0.3 is 12.0 Å². The lowest BCUT2D eigenvalue weighted by atomic mass is 10.1. The van der Waals surface area contributed by atoms with Crippen molar-refractivity contribution in [2.75, 3.05) is 4.31 Å². The van der Waals surface area contributed by atoms with Crippen molar-refractivity contribution in [3.63, 3.8) is 0 Å². The molecule has 0 bridgehead atoms. The Morgan fingerprint density at radius 2 is 1.72 bits per heavy atom. The van der Waals surface area contributed by atoms with Crippen LogP contribution in [0.5, 0.6) is 5.75 Å². The fourth-order valence-corrected chi connectivity index (χ4v) is 3.28. The molecule has 0 fully saturated rings. The molecule has 8 heteroatoms. The number of thiol groups is 1. The van der Waals surface area contributed by atoms with Gasteiger partial charge in [-0.2, -0.15) is 0 Å². The number of para-hydroxylation sites is 1. The summed E-state index contributed by atoms with van der Waals surface area (Å²) in [6, 6.07) is 20.3. The molecule has 1 aromatic heterocycles. The summed E-state index contributed by atoms with van der Waals surface area (Å²) in [5.41, 5.74) is 1.83. The lowest BCUT2D eigenvalue weighted by Gasteiger charge is -2.20. The second-order valence-electron chi connectivity index (χ2n) is 7.07. The molecule has 162 valence electrons. The average molecular weight is 450 g/mol. The summed E-state index contributed by atoms with van der Waals surface area (Å²) in [4.78, 5) is 24.9. The normalized spacial score (nSPS) is 11.7. The number of anilines is 1. The smallest absolute Gasteiger partial charge is 0.379 e. The third-order valence-electron chi connectivity index (χ3n) is 4.82. The van der Waals surface area contributed by atoms with Crippen LogP contribution in [-0.4, -0.2) is 12.0 Å². The highest BCUT2D eigenvalue weighted by Gasteiger charge is 2.17. The molecule has 0 saturated heterocycles. The molecular weight excluding hydrogens is 431 g/mol. The number of carbonyl (C=O) groups excluding carboxylic acids is 2. The number of halogens is 1. The Hall–Kier alpha value is -3.78. The van der Waals surface area contributed by atoms with E-state index in [9.17, 15) is 14.0 Å². The molecule has 4 aromatic rings. The van der Waals surface area contributed by atoms with E-state index in [2.05, 4.69) is 18.1 Å². The number of esters is 1. The lowest BCUT2D eigenvalue weighted by molar-refractivity contribution is 0.0704. The summed E-state index contributed by atoms with van der Waals surface area (Å²) in [5.74, 6) is -0.576. The molecule has 3 aromatic carbocycles. The average Bonchev–Trinajstić information content (AvgIpc) is 3.24. The Morgan fingerprint density at radius 1 is 1.03 bits per heavy atom. The largest absolute Gasteiger partial charge is 0.449 e. The van der Waals surface area contributed by atoms with Gasteiger partial charge in [-0.3, -0.25) is 0 Å². The predicted molar refractivity (Wildman–Crippen MR) is 122 cm³/mol. The first kappa shape index (κ1) is 21.5. The molecule has 1 N–H and O–H groups in total. The van der Waals surface area contributed by atoms with Gasteiger partial charge in [-0.05, 0) is 61.0 Å². The van der Waals surface area contributed by atoms with Gasteiger partial charge in [0.05, 0.1) is 11.7 Å². The first-order chi connectivity index (χ1) is 15.4. The fourth-order valence-electron chi connectivity index (χ4n) is 3.09. The zero-order valence-corrected chi connectivity index (χ0v) is 17.9. The van der Waals surface area contributed by atoms with E-state index in [0.717, 1.165) is 15.3 Å². The third kappa shape index (κ3) is 4.76. The summed E-state index contributed by atoms with van der Waals surface area (Å²) in [5, 5.41) is 3.59. The number of nitrogens with zero attached hydrogens (tertiary/aromatic N) is 1. The number of ether oxygens (including phenoxy) is 1. The van der Waals surface area contributed by atoms with Crippen molar-refractivity contribution in [2.45, 2.75) is 13.0 Å². The molecule has 0 spiro atoms. The summed E-state index contributed by atoms with van der Waals surface area (Å²) in [6.07, 6.45) is 0. The van der Waals surface area contributed by atoms with Gasteiger partial charge in [-0.15, -0.1) is 0 Å². The van der Waals surface area contributed by atoms with Crippen molar-refractivity contribution >= 4 is 41.5 Å². The molecule has 4 rings (SSSR count).